The van der Waals surface area contributed by atoms with Gasteiger partial charge in [0.2, 0.25) is 0 Å². The van der Waals surface area contributed by atoms with Crippen LogP contribution in [0.1, 0.15) is 337 Å². The van der Waals surface area contributed by atoms with Crippen LogP contribution in [0.15, 0.2) is 0 Å². The van der Waals surface area contributed by atoms with Gasteiger partial charge in [0.1, 0.15) is 19.3 Å². The molecule has 0 aliphatic carbocycles. The van der Waals surface area contributed by atoms with Gasteiger partial charge in [0.05, 0.1) is 26.4 Å². The van der Waals surface area contributed by atoms with Gasteiger partial charge in [0.15, 0.2) is 12.2 Å². The van der Waals surface area contributed by atoms with Crippen molar-refractivity contribution in [2.75, 3.05) is 39.6 Å². The van der Waals surface area contributed by atoms with Crippen LogP contribution in [0.5, 0.6) is 0 Å². The molecule has 3 N–H and O–H groups in total. The SMILES string of the molecule is CCCCCCCCCCCCCCCC(=O)OC[C@H](COP(=O)(O)OC[C@@H](O)COP(=O)(O)OC[C@@H](COC(=O)CCCCCCCCC(C)CC)OC(=O)CCCCCCCCC(C)CC)OC(=O)CCCCCCCCCCCCCCC. The summed E-state index contributed by atoms with van der Waals surface area (Å²) < 4.78 is 68.1. The van der Waals surface area contributed by atoms with Crippen LogP contribution in [0, 0.1) is 11.8 Å². The Morgan fingerprint density at radius 2 is 0.558 bits per heavy atom. The minimum atomic E-state index is -4.95. The summed E-state index contributed by atoms with van der Waals surface area (Å²) >= 11 is 0. The van der Waals surface area contributed by atoms with Crippen molar-refractivity contribution in [3.63, 3.8) is 0 Å². The number of unbranched alkanes of at least 4 members (excludes halogenated alkanes) is 34. The van der Waals surface area contributed by atoms with Crippen molar-refractivity contribution in [1.29, 1.82) is 0 Å². The molecule has 0 aliphatic rings. The van der Waals surface area contributed by atoms with Crippen molar-refractivity contribution in [3.8, 4) is 0 Å². The van der Waals surface area contributed by atoms with Crippen LogP contribution in [0.2, 0.25) is 0 Å². The monoisotopic (exact) mass is 1270 g/mol. The van der Waals surface area contributed by atoms with Crippen LogP contribution >= 0.6 is 15.6 Å². The van der Waals surface area contributed by atoms with E-state index in [4.69, 9.17) is 37.0 Å². The molecule has 0 fully saturated rings. The lowest BCUT2D eigenvalue weighted by atomic mass is 10.00. The lowest BCUT2D eigenvalue weighted by Crippen LogP contribution is -2.30. The van der Waals surface area contributed by atoms with Crippen LogP contribution < -0.4 is 0 Å². The summed E-state index contributed by atoms with van der Waals surface area (Å²) in [5, 5.41) is 10.6. The molecule has 0 radical (unpaired) electrons. The van der Waals surface area contributed by atoms with Crippen molar-refractivity contribution in [1.82, 2.24) is 0 Å². The zero-order chi connectivity index (χ0) is 63.6. The van der Waals surface area contributed by atoms with Gasteiger partial charge in [0, 0.05) is 25.7 Å². The minimum Gasteiger partial charge on any atom is -0.462 e. The molecule has 0 rings (SSSR count). The number of esters is 4. The molecule has 510 valence electrons. The van der Waals surface area contributed by atoms with Gasteiger partial charge >= 0.3 is 39.5 Å². The molecular weight excluding hydrogens is 1140 g/mol. The predicted octanol–water partition coefficient (Wildman–Crippen LogP) is 18.8. The number of hydrogen-bond acceptors (Lipinski definition) is 15. The Morgan fingerprint density at radius 3 is 0.826 bits per heavy atom. The van der Waals surface area contributed by atoms with Crippen molar-refractivity contribution in [2.45, 2.75) is 355 Å². The number of carbonyl (C=O) groups excluding carboxylic acids is 4. The van der Waals surface area contributed by atoms with Crippen LogP contribution in [0.3, 0.4) is 0 Å². The molecule has 0 aromatic rings. The van der Waals surface area contributed by atoms with Crippen molar-refractivity contribution in [3.05, 3.63) is 0 Å². The van der Waals surface area contributed by atoms with Crippen LogP contribution in [0.25, 0.3) is 0 Å². The standard InChI is InChI=1S/C67H130O17P2/c1-7-11-13-15-17-19-21-23-25-27-29-37-43-49-64(69)77-55-62(83-66(71)51-45-39-30-28-26-24-22-20-18-16-14-12-8-2)57-81-85(73,74)79-53-61(68)54-80-86(75,76)82-58-63(84-67(72)52-46-40-34-32-36-42-48-60(6)10-4)56-78-65(70)50-44-38-33-31-35-41-47-59(5)9-3/h59-63,68H,7-58H2,1-6H3,(H,73,74)(H,75,76)/t59?,60?,61-,62-,63-/m1/s1. The number of rotatable bonds is 66. The third kappa shape index (κ3) is 58.4. The molecule has 0 aromatic carbocycles. The first-order valence-electron chi connectivity index (χ1n) is 35.1. The molecule has 4 unspecified atom stereocenters. The van der Waals surface area contributed by atoms with E-state index in [0.29, 0.717) is 25.7 Å². The maximum absolute atomic E-state index is 13.0. The van der Waals surface area contributed by atoms with E-state index in [9.17, 15) is 43.2 Å². The molecule has 7 atom stereocenters. The number of phosphoric acid groups is 2. The molecule has 0 amide bonds. The fourth-order valence-corrected chi connectivity index (χ4v) is 11.6. The Kier molecular flexibility index (Phi) is 58.0. The highest BCUT2D eigenvalue weighted by Crippen LogP contribution is 2.45. The molecule has 0 saturated heterocycles. The molecule has 86 heavy (non-hydrogen) atoms. The maximum Gasteiger partial charge on any atom is 0.472 e. The second-order valence-corrected chi connectivity index (χ2v) is 27.6. The zero-order valence-corrected chi connectivity index (χ0v) is 57.4. The summed E-state index contributed by atoms with van der Waals surface area (Å²) in [5.41, 5.74) is 0. The average Bonchev–Trinajstić information content (AvgIpc) is 3.58. The third-order valence-corrected chi connectivity index (χ3v) is 18.1. The van der Waals surface area contributed by atoms with Gasteiger partial charge in [-0.25, -0.2) is 9.13 Å². The molecule has 17 nitrogen and oxygen atoms in total. The first-order chi connectivity index (χ1) is 41.4. The van der Waals surface area contributed by atoms with E-state index in [0.717, 1.165) is 108 Å². The fraction of sp³-hybridized carbons (Fsp3) is 0.940. The molecule has 0 spiro atoms. The third-order valence-electron chi connectivity index (χ3n) is 16.2. The average molecular weight is 1270 g/mol. The van der Waals surface area contributed by atoms with Gasteiger partial charge < -0.3 is 33.8 Å². The number of aliphatic hydroxyl groups is 1. The molecule has 0 heterocycles. The molecule has 0 aromatic heterocycles. The summed E-state index contributed by atoms with van der Waals surface area (Å²) in [5.74, 6) is -0.679. The first-order valence-corrected chi connectivity index (χ1v) is 38.1. The van der Waals surface area contributed by atoms with Crippen molar-refractivity contribution >= 4 is 39.5 Å². The topological polar surface area (TPSA) is 237 Å². The van der Waals surface area contributed by atoms with Crippen LogP contribution in [-0.2, 0) is 65.4 Å². The highest BCUT2D eigenvalue weighted by molar-refractivity contribution is 7.47. The Morgan fingerprint density at radius 1 is 0.326 bits per heavy atom. The summed E-state index contributed by atoms with van der Waals surface area (Å²) in [7, 11) is -9.89. The van der Waals surface area contributed by atoms with Gasteiger partial charge in [-0.15, -0.1) is 0 Å². The number of aliphatic hydroxyl groups excluding tert-OH is 1. The maximum atomic E-state index is 13.0. The first kappa shape index (κ1) is 84.1. The number of phosphoric ester groups is 2. The quantitative estimate of drug-likeness (QED) is 0.0222. The minimum absolute atomic E-state index is 0.102. The number of hydrogen-bond donors (Lipinski definition) is 3. The van der Waals surface area contributed by atoms with Crippen LogP contribution in [0.4, 0.5) is 0 Å². The Balaban J connectivity index is 5.25. The number of carbonyl (C=O) groups is 4. The Hall–Kier alpha value is -1.94. The largest absolute Gasteiger partial charge is 0.472 e. The number of ether oxygens (including phenoxy) is 4. The normalized spacial score (nSPS) is 14.8. The zero-order valence-electron chi connectivity index (χ0n) is 55.6. The molecule has 0 bridgehead atoms. The lowest BCUT2D eigenvalue weighted by Gasteiger charge is -2.21. The Bertz CT molecular complexity index is 1690. The van der Waals surface area contributed by atoms with Gasteiger partial charge in [-0.3, -0.25) is 37.3 Å². The van der Waals surface area contributed by atoms with Crippen molar-refractivity contribution in [2.24, 2.45) is 11.8 Å². The highest BCUT2D eigenvalue weighted by Gasteiger charge is 2.30. The van der Waals surface area contributed by atoms with E-state index in [2.05, 4.69) is 41.5 Å². The van der Waals surface area contributed by atoms with E-state index < -0.39 is 97.5 Å². The second-order valence-electron chi connectivity index (χ2n) is 24.7. The van der Waals surface area contributed by atoms with E-state index in [1.165, 1.54) is 148 Å². The van der Waals surface area contributed by atoms with Crippen LogP contribution in [-0.4, -0.2) is 96.7 Å². The van der Waals surface area contributed by atoms with E-state index in [1.54, 1.807) is 0 Å². The smallest absolute Gasteiger partial charge is 0.462 e. The molecule has 0 saturated carbocycles. The van der Waals surface area contributed by atoms with Crippen molar-refractivity contribution < 1.29 is 80.2 Å². The van der Waals surface area contributed by atoms with Gasteiger partial charge in [-0.1, -0.05) is 286 Å². The second kappa shape index (κ2) is 59.4. The summed E-state index contributed by atoms with van der Waals surface area (Å²) in [6, 6.07) is 0. The highest BCUT2D eigenvalue weighted by atomic mass is 31.2. The molecule has 19 heteroatoms. The van der Waals surface area contributed by atoms with E-state index in [1.807, 2.05) is 0 Å². The summed E-state index contributed by atoms with van der Waals surface area (Å²) in [4.78, 5) is 72.4. The van der Waals surface area contributed by atoms with E-state index >= 15 is 0 Å². The predicted molar refractivity (Wildman–Crippen MR) is 345 cm³/mol. The summed E-state index contributed by atoms with van der Waals surface area (Å²) in [6.45, 7) is 9.44. The Labute approximate surface area is 524 Å². The molecular formula is C67H130O17P2. The van der Waals surface area contributed by atoms with Gasteiger partial charge in [-0.05, 0) is 37.5 Å². The summed E-state index contributed by atoms with van der Waals surface area (Å²) in [6.07, 6.45) is 43.0. The lowest BCUT2D eigenvalue weighted by molar-refractivity contribution is -0.161. The van der Waals surface area contributed by atoms with Gasteiger partial charge in [-0.2, -0.15) is 0 Å². The van der Waals surface area contributed by atoms with Gasteiger partial charge in [0.25, 0.3) is 0 Å². The molecule has 0 aliphatic heterocycles. The fourth-order valence-electron chi connectivity index (χ4n) is 10.00. The van der Waals surface area contributed by atoms with E-state index in [-0.39, 0.29) is 25.7 Å².